The molecule has 0 radical (unpaired) electrons. The molecular weight excluding hydrogens is 492 g/mol. The Balaban J connectivity index is 1.57. The Bertz CT molecular complexity index is 962. The summed E-state index contributed by atoms with van der Waals surface area (Å²) in [5, 5.41) is 20.9. The molecule has 220 valence electrons. The van der Waals surface area contributed by atoms with Crippen LogP contribution < -0.4 is 0 Å². The van der Waals surface area contributed by atoms with Crippen molar-refractivity contribution in [1.82, 2.24) is 0 Å². The van der Waals surface area contributed by atoms with Gasteiger partial charge in [0.1, 0.15) is 11.5 Å². The van der Waals surface area contributed by atoms with Gasteiger partial charge in [0.15, 0.2) is 0 Å². The lowest BCUT2D eigenvalue weighted by atomic mass is 9.91. The molecule has 0 aromatic heterocycles. The minimum Gasteiger partial charge on any atom is -0.507 e. The molecule has 2 N–H and O–H groups in total. The van der Waals surface area contributed by atoms with E-state index in [-0.39, 0.29) is 12.1 Å². The number of aliphatic imine (C=N–C) groups is 2. The standard InChI is InChI=1S/C36H54N2O2/c1-3-5-7-9-11-13-17-29-21-23-35(39)31(25-29)27-37-33-19-15-16-20-34(33)38-28-32-26-30(22-24-36(32)40)18-14-12-10-8-6-4-2/h21-28,33-34,39-40H,3-20H2,1-2H3/t33-,34-/m1/s1. The summed E-state index contributed by atoms with van der Waals surface area (Å²) in [5.41, 5.74) is 4.14. The number of hydrogen-bond donors (Lipinski definition) is 2. The van der Waals surface area contributed by atoms with Gasteiger partial charge in [0.2, 0.25) is 0 Å². The first kappa shape index (κ1) is 31.9. The summed E-state index contributed by atoms with van der Waals surface area (Å²) in [6.07, 6.45) is 25.5. The Morgan fingerprint density at radius 2 is 1.00 bits per heavy atom. The molecule has 0 aliphatic heterocycles. The topological polar surface area (TPSA) is 65.2 Å². The lowest BCUT2D eigenvalue weighted by Gasteiger charge is -2.25. The third kappa shape index (κ3) is 11.5. The van der Waals surface area contributed by atoms with E-state index in [9.17, 15) is 10.2 Å². The van der Waals surface area contributed by atoms with E-state index in [0.29, 0.717) is 11.5 Å². The molecule has 2 atom stereocenters. The summed E-state index contributed by atoms with van der Waals surface area (Å²) >= 11 is 0. The summed E-state index contributed by atoms with van der Waals surface area (Å²) < 4.78 is 0. The van der Waals surface area contributed by atoms with Crippen LogP contribution in [0, 0.1) is 0 Å². The first-order chi connectivity index (χ1) is 19.6. The van der Waals surface area contributed by atoms with Gasteiger partial charge in [0, 0.05) is 23.6 Å². The maximum Gasteiger partial charge on any atom is 0.124 e. The molecule has 2 aromatic rings. The van der Waals surface area contributed by atoms with Crippen LogP contribution in [0.25, 0.3) is 0 Å². The van der Waals surface area contributed by atoms with Crippen molar-refractivity contribution in [3.63, 3.8) is 0 Å². The Morgan fingerprint density at radius 3 is 1.43 bits per heavy atom. The number of hydrogen-bond acceptors (Lipinski definition) is 4. The fourth-order valence-corrected chi connectivity index (χ4v) is 5.74. The molecule has 1 fully saturated rings. The van der Waals surface area contributed by atoms with Crippen molar-refractivity contribution in [2.45, 2.75) is 142 Å². The number of aromatic hydroxyl groups is 2. The summed E-state index contributed by atoms with van der Waals surface area (Å²) in [5.74, 6) is 0.580. The molecule has 2 aromatic carbocycles. The third-order valence-corrected chi connectivity index (χ3v) is 8.33. The second-order valence-corrected chi connectivity index (χ2v) is 11.8. The monoisotopic (exact) mass is 546 g/mol. The van der Waals surface area contributed by atoms with Gasteiger partial charge in [-0.15, -0.1) is 0 Å². The Labute approximate surface area is 244 Å². The molecule has 0 amide bonds. The van der Waals surface area contributed by atoms with E-state index >= 15 is 0 Å². The van der Waals surface area contributed by atoms with Crippen molar-refractivity contribution in [3.05, 3.63) is 58.7 Å². The fraction of sp³-hybridized carbons (Fsp3) is 0.611. The molecular formula is C36H54N2O2. The highest BCUT2D eigenvalue weighted by Gasteiger charge is 2.23. The maximum atomic E-state index is 10.5. The molecule has 40 heavy (non-hydrogen) atoms. The second kappa shape index (κ2) is 18.7. The van der Waals surface area contributed by atoms with E-state index in [1.54, 1.807) is 0 Å². The van der Waals surface area contributed by atoms with Gasteiger partial charge in [-0.05, 0) is 73.9 Å². The van der Waals surface area contributed by atoms with E-state index in [2.05, 4.69) is 26.0 Å². The van der Waals surface area contributed by atoms with Gasteiger partial charge in [-0.1, -0.05) is 103 Å². The highest BCUT2D eigenvalue weighted by atomic mass is 16.3. The van der Waals surface area contributed by atoms with Crippen molar-refractivity contribution in [2.24, 2.45) is 9.98 Å². The summed E-state index contributed by atoms with van der Waals surface area (Å²) in [7, 11) is 0. The molecule has 3 rings (SSSR count). The van der Waals surface area contributed by atoms with Gasteiger partial charge in [0.05, 0.1) is 12.1 Å². The average molecular weight is 547 g/mol. The Kier molecular flexibility index (Phi) is 14.9. The largest absolute Gasteiger partial charge is 0.507 e. The average Bonchev–Trinajstić information content (AvgIpc) is 2.97. The van der Waals surface area contributed by atoms with Crippen LogP contribution in [0.2, 0.25) is 0 Å². The highest BCUT2D eigenvalue weighted by molar-refractivity contribution is 5.84. The quantitative estimate of drug-likeness (QED) is 0.144. The predicted octanol–water partition coefficient (Wildman–Crippen LogP) is 9.75. The van der Waals surface area contributed by atoms with Crippen LogP contribution in [0.5, 0.6) is 11.5 Å². The third-order valence-electron chi connectivity index (χ3n) is 8.33. The van der Waals surface area contributed by atoms with Crippen LogP contribution in [0.4, 0.5) is 0 Å². The van der Waals surface area contributed by atoms with Crippen molar-refractivity contribution in [2.75, 3.05) is 0 Å². The minimum atomic E-state index is 0.0973. The lowest BCUT2D eigenvalue weighted by Crippen LogP contribution is -2.27. The van der Waals surface area contributed by atoms with Crippen LogP contribution in [0.3, 0.4) is 0 Å². The first-order valence-corrected chi connectivity index (χ1v) is 16.3. The van der Waals surface area contributed by atoms with Crippen molar-refractivity contribution < 1.29 is 10.2 Å². The predicted molar refractivity (Wildman–Crippen MR) is 172 cm³/mol. The Morgan fingerprint density at radius 1 is 0.600 bits per heavy atom. The Hall–Kier alpha value is -2.62. The number of aryl methyl sites for hydroxylation is 2. The SMILES string of the molecule is CCCCCCCCc1ccc(O)c(C=N[C@@H]2CCCC[C@H]2N=Cc2cc(CCCCCCCC)ccc2O)c1. The maximum absolute atomic E-state index is 10.5. The first-order valence-electron chi connectivity index (χ1n) is 16.3. The number of rotatable bonds is 18. The van der Waals surface area contributed by atoms with Gasteiger partial charge in [-0.3, -0.25) is 9.98 Å². The van der Waals surface area contributed by atoms with Gasteiger partial charge in [-0.25, -0.2) is 0 Å². The fourth-order valence-electron chi connectivity index (χ4n) is 5.74. The van der Waals surface area contributed by atoms with Gasteiger partial charge in [-0.2, -0.15) is 0 Å². The molecule has 0 unspecified atom stereocenters. The number of nitrogens with zero attached hydrogens (tertiary/aromatic N) is 2. The highest BCUT2D eigenvalue weighted by Crippen LogP contribution is 2.26. The van der Waals surface area contributed by atoms with Crippen LogP contribution in [0.1, 0.15) is 139 Å². The summed E-state index contributed by atoms with van der Waals surface area (Å²) in [6, 6.07) is 12.1. The smallest absolute Gasteiger partial charge is 0.124 e. The van der Waals surface area contributed by atoms with Crippen LogP contribution in [-0.2, 0) is 12.8 Å². The number of phenols is 2. The van der Waals surface area contributed by atoms with Crippen LogP contribution in [-0.4, -0.2) is 34.7 Å². The zero-order chi connectivity index (χ0) is 28.4. The van der Waals surface area contributed by atoms with E-state index in [0.717, 1.165) is 49.7 Å². The molecule has 0 spiro atoms. The zero-order valence-corrected chi connectivity index (χ0v) is 25.3. The molecule has 1 aliphatic rings. The number of benzene rings is 2. The molecule has 0 heterocycles. The molecule has 4 nitrogen and oxygen atoms in total. The van der Waals surface area contributed by atoms with E-state index < -0.39 is 0 Å². The van der Waals surface area contributed by atoms with Gasteiger partial charge < -0.3 is 10.2 Å². The molecule has 1 aliphatic carbocycles. The normalized spacial score (nSPS) is 17.8. The van der Waals surface area contributed by atoms with Gasteiger partial charge in [0.25, 0.3) is 0 Å². The number of unbranched alkanes of at least 4 members (excludes halogenated alkanes) is 10. The van der Waals surface area contributed by atoms with Crippen molar-refractivity contribution in [3.8, 4) is 11.5 Å². The van der Waals surface area contributed by atoms with Gasteiger partial charge >= 0.3 is 0 Å². The summed E-state index contributed by atoms with van der Waals surface area (Å²) in [6.45, 7) is 4.51. The lowest BCUT2D eigenvalue weighted by molar-refractivity contribution is 0.390. The van der Waals surface area contributed by atoms with Crippen LogP contribution in [0.15, 0.2) is 46.4 Å². The molecule has 0 saturated heterocycles. The van der Waals surface area contributed by atoms with E-state index in [1.807, 2.05) is 36.7 Å². The minimum absolute atomic E-state index is 0.0973. The molecule has 4 heteroatoms. The van der Waals surface area contributed by atoms with Crippen molar-refractivity contribution in [1.29, 1.82) is 0 Å². The molecule has 0 bridgehead atoms. The summed E-state index contributed by atoms with van der Waals surface area (Å²) in [4.78, 5) is 9.86. The van der Waals surface area contributed by atoms with Crippen molar-refractivity contribution >= 4 is 12.4 Å². The van der Waals surface area contributed by atoms with Crippen LogP contribution >= 0.6 is 0 Å². The zero-order valence-electron chi connectivity index (χ0n) is 25.3. The number of phenolic OH excluding ortho intramolecular Hbond substituents is 2. The van der Waals surface area contributed by atoms with E-state index in [4.69, 9.17) is 9.98 Å². The second-order valence-electron chi connectivity index (χ2n) is 11.8. The van der Waals surface area contributed by atoms with E-state index in [1.165, 1.54) is 88.2 Å². The molecule has 1 saturated carbocycles.